The third-order valence-corrected chi connectivity index (χ3v) is 1.26. The number of para-hydroxylation sites is 2. The van der Waals surface area contributed by atoms with Crippen molar-refractivity contribution in [3.63, 3.8) is 0 Å². The fourth-order valence-corrected chi connectivity index (χ4v) is 0.784. The number of carbonyl (C=O) groups excluding carboxylic acids is 1. The van der Waals surface area contributed by atoms with Gasteiger partial charge in [0.1, 0.15) is 5.75 Å². The molecule has 0 heterocycles. The maximum atomic E-state index is 10.3. The van der Waals surface area contributed by atoms with E-state index in [1.54, 1.807) is 0 Å². The number of hydrogen-bond acceptors (Lipinski definition) is 5. The van der Waals surface area contributed by atoms with Crippen LogP contribution < -0.4 is 9.84 Å². The number of carbonyl (C=O) groups is 1. The molecule has 6 nitrogen and oxygen atoms in total. The van der Waals surface area contributed by atoms with Gasteiger partial charge >= 0.3 is 0 Å². The van der Waals surface area contributed by atoms with E-state index in [4.69, 9.17) is 0 Å². The van der Waals surface area contributed by atoms with Crippen molar-refractivity contribution < 1.29 is 19.6 Å². The van der Waals surface area contributed by atoms with Gasteiger partial charge in [-0.1, -0.05) is 12.1 Å². The Kier molecular flexibility index (Phi) is 2.44. The largest absolute Gasteiger partial charge is 0.507 e. The van der Waals surface area contributed by atoms with Gasteiger partial charge in [-0.3, -0.25) is 10.1 Å². The minimum atomic E-state index is -1.82. The van der Waals surface area contributed by atoms with Gasteiger partial charge in [-0.25, -0.2) is 0 Å². The van der Waals surface area contributed by atoms with Gasteiger partial charge in [-0.05, 0) is 6.07 Å². The molecule has 0 spiro atoms. The SMILES string of the molecule is O=C([O-])Oc1ccccc1[N+](=O)[O-]. The number of nitro benzene ring substituents is 1. The topological polar surface area (TPSA) is 92.5 Å². The fourth-order valence-electron chi connectivity index (χ4n) is 0.784. The molecule has 0 aliphatic rings. The van der Waals surface area contributed by atoms with E-state index >= 15 is 0 Å². The maximum Gasteiger partial charge on any atom is 0.292 e. The molecule has 0 fully saturated rings. The molecule has 68 valence electrons. The first-order valence-corrected chi connectivity index (χ1v) is 3.23. The molecule has 0 aliphatic carbocycles. The molecule has 0 atom stereocenters. The summed E-state index contributed by atoms with van der Waals surface area (Å²) < 4.78 is 4.07. The molecular formula is C7H4NO5-. The van der Waals surface area contributed by atoms with Crippen LogP contribution in [0.2, 0.25) is 0 Å². The summed E-state index contributed by atoms with van der Waals surface area (Å²) in [6.45, 7) is 0. The molecule has 0 saturated carbocycles. The van der Waals surface area contributed by atoms with Crippen molar-refractivity contribution in [3.8, 4) is 5.75 Å². The summed E-state index contributed by atoms with van der Waals surface area (Å²) >= 11 is 0. The quantitative estimate of drug-likeness (QED) is 0.284. The van der Waals surface area contributed by atoms with Crippen molar-refractivity contribution in [2.75, 3.05) is 0 Å². The van der Waals surface area contributed by atoms with Crippen LogP contribution in [0.4, 0.5) is 10.5 Å². The Balaban J connectivity index is 3.04. The summed E-state index contributed by atoms with van der Waals surface area (Å²) in [5.41, 5.74) is -0.410. The number of carboxylic acid groups (broad SMARTS) is 1. The lowest BCUT2D eigenvalue weighted by molar-refractivity contribution is -0.386. The van der Waals surface area contributed by atoms with Crippen LogP contribution in [0.1, 0.15) is 0 Å². The third kappa shape index (κ3) is 2.16. The van der Waals surface area contributed by atoms with Gasteiger partial charge in [0, 0.05) is 6.07 Å². The minimum Gasteiger partial charge on any atom is -0.507 e. The molecular weight excluding hydrogens is 178 g/mol. The molecule has 0 aliphatic heterocycles. The number of benzene rings is 1. The highest BCUT2D eigenvalue weighted by Gasteiger charge is 2.10. The van der Waals surface area contributed by atoms with Crippen molar-refractivity contribution in [1.82, 2.24) is 0 Å². The molecule has 6 heteroatoms. The van der Waals surface area contributed by atoms with Gasteiger partial charge in [0.05, 0.1) is 4.92 Å². The molecule has 0 saturated heterocycles. The molecule has 0 bridgehead atoms. The van der Waals surface area contributed by atoms with Gasteiger partial charge in [0.2, 0.25) is 0 Å². The summed E-state index contributed by atoms with van der Waals surface area (Å²) in [6.07, 6.45) is -1.82. The minimum absolute atomic E-state index is 0.340. The van der Waals surface area contributed by atoms with E-state index in [-0.39, 0.29) is 5.75 Å². The highest BCUT2D eigenvalue weighted by molar-refractivity contribution is 5.62. The van der Waals surface area contributed by atoms with E-state index in [2.05, 4.69) is 4.74 Å². The van der Waals surface area contributed by atoms with E-state index in [1.807, 2.05) is 0 Å². The predicted molar refractivity (Wildman–Crippen MR) is 39.1 cm³/mol. The summed E-state index contributed by atoms with van der Waals surface area (Å²) in [5, 5.41) is 20.3. The van der Waals surface area contributed by atoms with Crippen LogP contribution in [0, 0.1) is 10.1 Å². The van der Waals surface area contributed by atoms with E-state index in [0.29, 0.717) is 0 Å². The van der Waals surface area contributed by atoms with Crippen molar-refractivity contribution >= 4 is 11.8 Å². The van der Waals surface area contributed by atoms with Crippen LogP contribution in [0.25, 0.3) is 0 Å². The molecule has 13 heavy (non-hydrogen) atoms. The summed E-state index contributed by atoms with van der Waals surface area (Å²) in [7, 11) is 0. The van der Waals surface area contributed by atoms with Crippen LogP contribution in [0.3, 0.4) is 0 Å². The van der Waals surface area contributed by atoms with Gasteiger partial charge in [-0.2, -0.15) is 0 Å². The van der Waals surface area contributed by atoms with Gasteiger partial charge < -0.3 is 14.6 Å². The molecule has 0 N–H and O–H groups in total. The molecule has 1 aromatic carbocycles. The predicted octanol–water partition coefficient (Wildman–Crippen LogP) is 0.317. The lowest BCUT2D eigenvalue weighted by Crippen LogP contribution is -2.26. The van der Waals surface area contributed by atoms with Gasteiger partial charge in [0.25, 0.3) is 11.8 Å². The second-order valence-electron chi connectivity index (χ2n) is 2.08. The first-order chi connectivity index (χ1) is 6.11. The van der Waals surface area contributed by atoms with Crippen LogP contribution in [-0.2, 0) is 0 Å². The summed E-state index contributed by atoms with van der Waals surface area (Å²) in [5.74, 6) is -0.340. The van der Waals surface area contributed by atoms with E-state index in [0.717, 1.165) is 6.07 Å². The van der Waals surface area contributed by atoms with E-state index in [1.165, 1.54) is 18.2 Å². The zero-order valence-corrected chi connectivity index (χ0v) is 6.30. The number of nitrogens with zero attached hydrogens (tertiary/aromatic N) is 1. The average Bonchev–Trinajstić information content (AvgIpc) is 2.03. The number of rotatable bonds is 2. The van der Waals surface area contributed by atoms with Gasteiger partial charge in [-0.15, -0.1) is 0 Å². The monoisotopic (exact) mass is 182 g/mol. The molecule has 0 unspecified atom stereocenters. The second-order valence-corrected chi connectivity index (χ2v) is 2.08. The Morgan fingerprint density at radius 1 is 1.38 bits per heavy atom. The first kappa shape index (κ1) is 8.98. The van der Waals surface area contributed by atoms with Crippen LogP contribution >= 0.6 is 0 Å². The third-order valence-electron chi connectivity index (χ3n) is 1.26. The van der Waals surface area contributed by atoms with E-state index in [9.17, 15) is 20.0 Å². The average molecular weight is 182 g/mol. The fraction of sp³-hybridized carbons (Fsp3) is 0. The smallest absolute Gasteiger partial charge is 0.292 e. The van der Waals surface area contributed by atoms with Crippen molar-refractivity contribution in [2.24, 2.45) is 0 Å². The Morgan fingerprint density at radius 3 is 2.54 bits per heavy atom. The second kappa shape index (κ2) is 3.53. The Morgan fingerprint density at radius 2 is 2.00 bits per heavy atom. The molecule has 0 amide bonds. The molecule has 1 aromatic rings. The molecule has 0 aromatic heterocycles. The molecule has 0 radical (unpaired) electrons. The first-order valence-electron chi connectivity index (χ1n) is 3.23. The van der Waals surface area contributed by atoms with Crippen molar-refractivity contribution in [3.05, 3.63) is 34.4 Å². The van der Waals surface area contributed by atoms with Crippen LogP contribution in [0.5, 0.6) is 5.75 Å². The van der Waals surface area contributed by atoms with Crippen LogP contribution in [-0.4, -0.2) is 11.1 Å². The number of ether oxygens (including phenoxy) is 1. The number of nitro groups is 1. The lowest BCUT2D eigenvalue weighted by atomic mass is 10.3. The van der Waals surface area contributed by atoms with E-state index < -0.39 is 16.8 Å². The van der Waals surface area contributed by atoms with Crippen molar-refractivity contribution in [2.45, 2.75) is 0 Å². The highest BCUT2D eigenvalue weighted by Crippen LogP contribution is 2.25. The van der Waals surface area contributed by atoms with Crippen LogP contribution in [0.15, 0.2) is 24.3 Å². The lowest BCUT2D eigenvalue weighted by Gasteiger charge is -2.07. The normalized spacial score (nSPS) is 9.23. The Labute approximate surface area is 72.5 Å². The summed E-state index contributed by atoms with van der Waals surface area (Å²) in [6, 6.07) is 5.14. The zero-order valence-electron chi connectivity index (χ0n) is 6.30. The van der Waals surface area contributed by atoms with Gasteiger partial charge in [0.15, 0.2) is 0 Å². The Hall–Kier alpha value is -2.11. The highest BCUT2D eigenvalue weighted by atomic mass is 16.7. The number of hydrogen-bond donors (Lipinski definition) is 0. The molecule has 1 rings (SSSR count). The summed E-state index contributed by atoms with van der Waals surface area (Å²) in [4.78, 5) is 19.6. The zero-order chi connectivity index (χ0) is 9.84. The standard InChI is InChI=1S/C7H5NO5/c9-7(10)13-6-4-2-1-3-5(6)8(11)12/h1-4H,(H,9,10)/p-1. The maximum absolute atomic E-state index is 10.3. The van der Waals surface area contributed by atoms with Crippen molar-refractivity contribution in [1.29, 1.82) is 0 Å². The Bertz CT molecular complexity index is 348.